The third-order valence-electron chi connectivity index (χ3n) is 12.9. The second kappa shape index (κ2) is 29.3. The number of hydrogen-bond donors (Lipinski definition) is 4. The summed E-state index contributed by atoms with van der Waals surface area (Å²) in [6, 6.07) is 5.07. The van der Waals surface area contributed by atoms with Crippen LogP contribution in [0.4, 0.5) is 0 Å². The van der Waals surface area contributed by atoms with Gasteiger partial charge < -0.3 is 45.2 Å². The van der Waals surface area contributed by atoms with E-state index in [1.165, 1.54) is 19.1 Å². The van der Waals surface area contributed by atoms with E-state index >= 15 is 0 Å². The number of carboxylic acid groups (broad SMARTS) is 1. The number of hydrogen-bond acceptors (Lipinski definition) is 9. The van der Waals surface area contributed by atoms with Gasteiger partial charge >= 0.3 is 5.97 Å². The van der Waals surface area contributed by atoms with Gasteiger partial charge in [-0.1, -0.05) is 123 Å². The van der Waals surface area contributed by atoms with Gasteiger partial charge in [0.2, 0.25) is 35.4 Å². The number of benzene rings is 1. The van der Waals surface area contributed by atoms with Gasteiger partial charge in [0, 0.05) is 59.6 Å². The average Bonchev–Trinajstić information content (AvgIpc) is 3.77. The number of alkyl halides is 2. The van der Waals surface area contributed by atoms with Crippen LogP contribution in [-0.2, 0) is 49.5 Å². The molecule has 3 unspecified atom stereocenters. The predicted octanol–water partition coefficient (Wildman–Crippen LogP) is 5.18. The molecule has 0 aliphatic carbocycles. The van der Waals surface area contributed by atoms with Gasteiger partial charge in [0.05, 0.1) is 36.6 Å². The smallest absolute Gasteiger partial charge is 0.326 e. The summed E-state index contributed by atoms with van der Waals surface area (Å²) < 4.78 is 11.9. The highest BCUT2D eigenvalue weighted by Crippen LogP contribution is 2.30. The van der Waals surface area contributed by atoms with Gasteiger partial charge in [-0.05, 0) is 49.0 Å². The largest absolute Gasteiger partial charge is 0.480 e. The van der Waals surface area contributed by atoms with Crippen LogP contribution < -0.4 is 16.0 Å². The average molecular weight is 1060 g/mol. The lowest BCUT2D eigenvalue weighted by Crippen LogP contribution is -2.60. The number of amides is 6. The van der Waals surface area contributed by atoms with E-state index in [0.717, 1.165) is 12.0 Å². The number of carbonyl (C=O) groups is 7. The molecular weight excluding hydrogens is 980 g/mol. The van der Waals surface area contributed by atoms with E-state index in [1.807, 2.05) is 59.7 Å². The van der Waals surface area contributed by atoms with Crippen molar-refractivity contribution in [3.8, 4) is 0 Å². The number of nitrogens with zero attached hydrogens (tertiary/aromatic N) is 3. The van der Waals surface area contributed by atoms with Gasteiger partial charge in [0.25, 0.3) is 0 Å². The van der Waals surface area contributed by atoms with Gasteiger partial charge in [-0.15, -0.1) is 0 Å². The summed E-state index contributed by atoms with van der Waals surface area (Å²) in [5.41, 5.74) is 0.767. The van der Waals surface area contributed by atoms with Crippen molar-refractivity contribution in [3.63, 3.8) is 0 Å². The Hall–Kier alpha value is -3.61. The first-order valence-electron chi connectivity index (χ1n) is 23.4. The molecule has 374 valence electrons. The van der Waals surface area contributed by atoms with Gasteiger partial charge in [-0.3, -0.25) is 28.8 Å². The molecule has 0 saturated carbocycles. The Morgan fingerprint density at radius 1 is 0.864 bits per heavy atom. The zero-order chi connectivity index (χ0) is 49.8. The molecular formula is C48H78Br2N6O10. The van der Waals surface area contributed by atoms with E-state index in [0.29, 0.717) is 50.5 Å². The van der Waals surface area contributed by atoms with Crippen LogP contribution in [0.5, 0.6) is 0 Å². The normalized spacial score (nSPS) is 18.0. The monoisotopic (exact) mass is 1060 g/mol. The van der Waals surface area contributed by atoms with E-state index < -0.39 is 66.1 Å². The number of halogens is 2. The minimum atomic E-state index is -1.16. The molecule has 0 spiro atoms. The first-order valence-corrected chi connectivity index (χ1v) is 25.4. The zero-order valence-corrected chi connectivity index (χ0v) is 44.2. The van der Waals surface area contributed by atoms with Crippen molar-refractivity contribution in [2.24, 2.45) is 23.7 Å². The number of carbonyl (C=O) groups excluding carboxylic acids is 6. The quantitative estimate of drug-likeness (QED) is 0.0612. The maximum atomic E-state index is 14.6. The second-order valence-corrected chi connectivity index (χ2v) is 20.1. The van der Waals surface area contributed by atoms with Crippen LogP contribution in [0.2, 0.25) is 0 Å². The highest BCUT2D eigenvalue weighted by molar-refractivity contribution is 9.12. The molecule has 2 rings (SSSR count). The summed E-state index contributed by atoms with van der Waals surface area (Å²) in [6.07, 6.45) is 2.73. The lowest BCUT2D eigenvalue weighted by molar-refractivity contribution is -0.149. The molecule has 0 radical (unpaired) electrons. The Morgan fingerprint density at radius 2 is 1.52 bits per heavy atom. The number of aliphatic carboxylic acids is 1. The first kappa shape index (κ1) is 58.5. The van der Waals surface area contributed by atoms with Crippen molar-refractivity contribution in [1.29, 1.82) is 0 Å². The van der Waals surface area contributed by atoms with Crippen LogP contribution >= 0.6 is 31.9 Å². The summed E-state index contributed by atoms with van der Waals surface area (Å²) in [5, 5.41) is 19.0. The van der Waals surface area contributed by atoms with Gasteiger partial charge in [-0.25, -0.2) is 4.79 Å². The van der Waals surface area contributed by atoms with Crippen LogP contribution in [0.1, 0.15) is 105 Å². The van der Waals surface area contributed by atoms with Crippen LogP contribution in [0.15, 0.2) is 30.3 Å². The number of likely N-dealkylation sites (N-methyl/N-ethyl adjacent to an activating group) is 2. The minimum Gasteiger partial charge on any atom is -0.480 e. The van der Waals surface area contributed by atoms with Crippen molar-refractivity contribution >= 4 is 73.3 Å². The van der Waals surface area contributed by atoms with Crippen LogP contribution in [-0.4, -0.2) is 155 Å². The zero-order valence-electron chi connectivity index (χ0n) is 41.0. The third kappa shape index (κ3) is 17.2. The molecule has 0 bridgehead atoms. The summed E-state index contributed by atoms with van der Waals surface area (Å²) in [5.74, 6) is -4.47. The van der Waals surface area contributed by atoms with E-state index in [2.05, 4.69) is 47.8 Å². The maximum Gasteiger partial charge on any atom is 0.326 e. The molecule has 18 heteroatoms. The Bertz CT molecular complexity index is 1720. The fourth-order valence-electron chi connectivity index (χ4n) is 8.86. The van der Waals surface area contributed by atoms with E-state index in [4.69, 9.17) is 9.47 Å². The van der Waals surface area contributed by atoms with E-state index in [9.17, 15) is 38.7 Å². The van der Waals surface area contributed by atoms with Crippen molar-refractivity contribution in [1.82, 2.24) is 30.7 Å². The Morgan fingerprint density at radius 3 is 2.06 bits per heavy atom. The molecule has 1 aliphatic heterocycles. The minimum absolute atomic E-state index is 0.0705. The molecule has 1 fully saturated rings. The number of likely N-dealkylation sites (tertiary alicyclic amines) is 1. The van der Waals surface area contributed by atoms with Gasteiger partial charge in [0.1, 0.15) is 23.0 Å². The number of nitrogens with one attached hydrogen (secondary N) is 3. The summed E-state index contributed by atoms with van der Waals surface area (Å²) in [6.45, 7) is 14.0. The Labute approximate surface area is 410 Å². The molecule has 1 aliphatic rings. The lowest BCUT2D eigenvalue weighted by Gasteiger charge is -2.41. The highest BCUT2D eigenvalue weighted by atomic mass is 79.9. The van der Waals surface area contributed by atoms with Crippen LogP contribution in [0, 0.1) is 23.7 Å². The summed E-state index contributed by atoms with van der Waals surface area (Å²) in [4.78, 5) is 98.5. The lowest BCUT2D eigenvalue weighted by atomic mass is 9.89. The Balaban J connectivity index is 2.20. The molecule has 1 saturated heterocycles. The van der Waals surface area contributed by atoms with Gasteiger partial charge in [-0.2, -0.15) is 0 Å². The molecule has 1 aromatic rings. The first-order chi connectivity index (χ1) is 31.2. The third-order valence-corrected chi connectivity index (χ3v) is 15.1. The van der Waals surface area contributed by atoms with E-state index in [-0.39, 0.29) is 65.5 Å². The molecule has 10 atom stereocenters. The molecule has 6 amide bonds. The number of unbranched alkanes of at least 4 members (excludes halogenated alkanes) is 2. The fourth-order valence-corrected chi connectivity index (χ4v) is 9.31. The molecule has 66 heavy (non-hydrogen) atoms. The predicted molar refractivity (Wildman–Crippen MR) is 262 cm³/mol. The van der Waals surface area contributed by atoms with Crippen molar-refractivity contribution in [2.75, 3.05) is 46.7 Å². The van der Waals surface area contributed by atoms with Crippen molar-refractivity contribution < 1.29 is 48.1 Å². The Kier molecular flexibility index (Phi) is 26.0. The fraction of sp³-hybridized carbons (Fsp3) is 0.729. The maximum absolute atomic E-state index is 14.6. The SMILES string of the molecule is CC[C@@H](C)[C@@H]([C@@H](CC(=O)N1CCC[C@H]1C(OC)C(C)C(=O)N[C@@H](Cc1ccccc1)C(=O)O)OC)N(C)C(=O)[C@@H](NC(=O)[C@H](C(C)C)N(C)C(=O)CCCCCNC(=O)C(Br)CBr)C(C)C. The van der Waals surface area contributed by atoms with Crippen LogP contribution in [0.3, 0.4) is 0 Å². The number of rotatable bonds is 29. The molecule has 1 aromatic carbocycles. The number of methoxy groups -OCH3 is 2. The molecule has 16 nitrogen and oxygen atoms in total. The molecule has 1 heterocycles. The second-order valence-electron chi connectivity index (χ2n) is 18.3. The molecule has 0 aromatic heterocycles. The van der Waals surface area contributed by atoms with Crippen LogP contribution in [0.25, 0.3) is 0 Å². The van der Waals surface area contributed by atoms with Crippen molar-refractivity contribution in [2.45, 2.75) is 153 Å². The van der Waals surface area contributed by atoms with E-state index in [1.54, 1.807) is 43.0 Å². The topological polar surface area (TPSA) is 204 Å². The standard InChI is InChI=1S/C48H78Br2N6O10/c1-12-31(6)42(55(9)47(62)40(29(2)3)53-46(61)41(30(4)5)54(8)38(57)23-17-14-18-24-51-45(60)34(50)28-49)37(65-10)27-39(58)56-25-19-22-36(56)43(66-11)32(7)44(59)52-35(48(63)64)26-33-20-15-13-16-21-33/h13,15-16,20-21,29-32,34-37,40-43H,12,14,17-19,22-28H2,1-11H3,(H,51,60)(H,52,59)(H,53,61)(H,63,64)/t31-,32?,34?,35+,36+,37-,40+,41+,42+,43?/m1/s1. The summed E-state index contributed by atoms with van der Waals surface area (Å²) in [7, 11) is 6.27. The number of ether oxygens (including phenoxy) is 2. The number of carboxylic acids is 1. The highest BCUT2D eigenvalue weighted by Gasteiger charge is 2.44. The van der Waals surface area contributed by atoms with Crippen molar-refractivity contribution in [3.05, 3.63) is 35.9 Å². The summed E-state index contributed by atoms with van der Waals surface area (Å²) >= 11 is 6.57. The van der Waals surface area contributed by atoms with Gasteiger partial charge in [0.15, 0.2) is 0 Å². The molecule has 4 N–H and O–H groups in total.